The van der Waals surface area contributed by atoms with Crippen molar-refractivity contribution < 1.29 is 38.8 Å². The second-order valence-electron chi connectivity index (χ2n) is 12.8. The molecule has 10 heteroatoms. The highest BCUT2D eigenvalue weighted by Crippen LogP contribution is 2.42. The molecule has 0 saturated carbocycles. The maximum atomic E-state index is 13.0. The van der Waals surface area contributed by atoms with Crippen LogP contribution in [0.1, 0.15) is 94.4 Å². The molecule has 0 aromatic heterocycles. The zero-order valence-electron chi connectivity index (χ0n) is 26.2. The third kappa shape index (κ3) is 9.34. The molecule has 2 heterocycles. The summed E-state index contributed by atoms with van der Waals surface area (Å²) in [6.07, 6.45) is 0.933. The van der Waals surface area contributed by atoms with Crippen LogP contribution in [0.5, 0.6) is 0 Å². The third-order valence-corrected chi connectivity index (χ3v) is 8.12. The largest absolute Gasteiger partial charge is 0.481 e. The van der Waals surface area contributed by atoms with Crippen LogP contribution in [0, 0.1) is 5.92 Å². The number of carboxylic acid groups (broad SMARTS) is 1. The lowest BCUT2D eigenvalue weighted by Gasteiger charge is -2.43. The first-order valence-electron chi connectivity index (χ1n) is 15.5. The van der Waals surface area contributed by atoms with Gasteiger partial charge in [-0.3, -0.25) is 19.3 Å². The number of rotatable bonds is 12. The van der Waals surface area contributed by atoms with Gasteiger partial charge in [0.1, 0.15) is 11.6 Å². The number of carbonyl (C=O) groups excluding carboxylic acids is 2. The Kier molecular flexibility index (Phi) is 11.5. The summed E-state index contributed by atoms with van der Waals surface area (Å²) in [7, 11) is 0. The number of aliphatic hydroxyl groups is 1. The minimum atomic E-state index is -0.912. The molecule has 0 aliphatic carbocycles. The molecule has 2 aromatic carbocycles. The summed E-state index contributed by atoms with van der Waals surface area (Å²) >= 11 is 0. The van der Waals surface area contributed by atoms with Gasteiger partial charge in [0, 0.05) is 37.4 Å². The quantitative estimate of drug-likeness (QED) is 0.294. The molecule has 2 saturated heterocycles. The van der Waals surface area contributed by atoms with Crippen molar-refractivity contribution in [3.63, 3.8) is 0 Å². The molecule has 0 spiro atoms. The van der Waals surface area contributed by atoms with Gasteiger partial charge in [-0.1, -0.05) is 55.5 Å². The lowest BCUT2D eigenvalue weighted by Crippen LogP contribution is -2.48. The second kappa shape index (κ2) is 15.1. The summed E-state index contributed by atoms with van der Waals surface area (Å²) < 4.78 is 18.9. The molecule has 44 heavy (non-hydrogen) atoms. The van der Waals surface area contributed by atoms with E-state index in [0.717, 1.165) is 41.6 Å². The maximum Gasteiger partial charge on any atom is 0.323 e. The molecule has 1 amide bonds. The molecule has 0 unspecified atom stereocenters. The van der Waals surface area contributed by atoms with Crippen LogP contribution in [0.25, 0.3) is 0 Å². The lowest BCUT2D eigenvalue weighted by molar-refractivity contribution is -0.276. The summed E-state index contributed by atoms with van der Waals surface area (Å²) in [6.45, 7) is 9.39. The number of nitrogens with zero attached hydrogens (tertiary/aromatic N) is 1. The Bertz CT molecular complexity index is 1260. The van der Waals surface area contributed by atoms with E-state index in [2.05, 4.69) is 17.1 Å². The number of esters is 1. The van der Waals surface area contributed by atoms with Gasteiger partial charge in [0.05, 0.1) is 18.8 Å². The van der Waals surface area contributed by atoms with Gasteiger partial charge >= 0.3 is 11.9 Å². The third-order valence-electron chi connectivity index (χ3n) is 8.12. The molecule has 0 radical (unpaired) electrons. The van der Waals surface area contributed by atoms with Crippen LogP contribution < -0.4 is 5.32 Å². The first-order chi connectivity index (χ1) is 20.9. The molecule has 2 aliphatic heterocycles. The van der Waals surface area contributed by atoms with E-state index in [4.69, 9.17) is 19.3 Å². The van der Waals surface area contributed by atoms with Gasteiger partial charge in [-0.15, -0.1) is 0 Å². The summed E-state index contributed by atoms with van der Waals surface area (Å²) in [6, 6.07) is 15.1. The van der Waals surface area contributed by atoms with Crippen LogP contribution in [0.3, 0.4) is 0 Å². The minimum Gasteiger partial charge on any atom is -0.481 e. The summed E-state index contributed by atoms with van der Waals surface area (Å²) in [4.78, 5) is 38.0. The smallest absolute Gasteiger partial charge is 0.323 e. The molecule has 2 fully saturated rings. The van der Waals surface area contributed by atoms with Crippen molar-refractivity contribution in [2.24, 2.45) is 5.92 Å². The highest BCUT2D eigenvalue weighted by atomic mass is 16.7. The van der Waals surface area contributed by atoms with E-state index in [9.17, 15) is 19.5 Å². The Labute approximate surface area is 259 Å². The van der Waals surface area contributed by atoms with Gasteiger partial charge in [0.2, 0.25) is 5.91 Å². The number of carboxylic acids is 1. The standard InChI is InChI=1S/C34H46N2O8/c1-22-28(20-36-18-6-7-27(36)32(41)44-34(2,3)4)42-33(43-31(22)25-14-12-24(21-37)13-15-25)26-16-10-23(11-17-26)19-35-29(38)8-5-9-30(39)40/h10-17,22,27-28,31,33,37H,5-9,18-21H2,1-4H3,(H,35,38)(H,39,40)/t22-,27-,28+,31+,33+/m0/s1. The zero-order valence-corrected chi connectivity index (χ0v) is 26.2. The number of hydrogen-bond acceptors (Lipinski definition) is 8. The molecule has 4 rings (SSSR count). The molecular formula is C34H46N2O8. The summed E-state index contributed by atoms with van der Waals surface area (Å²) in [5.74, 6) is -1.33. The van der Waals surface area contributed by atoms with Crippen molar-refractivity contribution in [1.29, 1.82) is 0 Å². The van der Waals surface area contributed by atoms with E-state index in [-0.39, 0.29) is 55.5 Å². The second-order valence-corrected chi connectivity index (χ2v) is 12.8. The first kappa shape index (κ1) is 33.6. The van der Waals surface area contributed by atoms with E-state index in [1.807, 2.05) is 69.3 Å². The summed E-state index contributed by atoms with van der Waals surface area (Å²) in [5.41, 5.74) is 2.99. The van der Waals surface area contributed by atoms with E-state index >= 15 is 0 Å². The van der Waals surface area contributed by atoms with Gasteiger partial charge in [-0.05, 0) is 63.3 Å². The number of benzene rings is 2. The van der Waals surface area contributed by atoms with Crippen LogP contribution in [0.15, 0.2) is 48.5 Å². The molecule has 10 nitrogen and oxygen atoms in total. The van der Waals surface area contributed by atoms with Gasteiger partial charge in [0.25, 0.3) is 0 Å². The van der Waals surface area contributed by atoms with Crippen molar-refractivity contribution in [3.8, 4) is 0 Å². The zero-order chi connectivity index (χ0) is 31.9. The van der Waals surface area contributed by atoms with E-state index < -0.39 is 17.9 Å². The highest BCUT2D eigenvalue weighted by molar-refractivity contribution is 5.77. The number of amides is 1. The fraction of sp³-hybridized carbons (Fsp3) is 0.559. The molecule has 5 atom stereocenters. The number of ether oxygens (including phenoxy) is 3. The molecule has 3 N–H and O–H groups in total. The Morgan fingerprint density at radius 1 is 0.977 bits per heavy atom. The number of aliphatic carboxylic acids is 1. The molecule has 2 aromatic rings. The summed E-state index contributed by atoms with van der Waals surface area (Å²) in [5, 5.41) is 21.1. The SMILES string of the molecule is C[C@H]1[C@@H](CN2CCC[C@H]2C(=O)OC(C)(C)C)O[C@@H](c2ccc(CNC(=O)CCCC(=O)O)cc2)O[C@H]1c1ccc(CO)cc1. The van der Waals surface area contributed by atoms with Crippen LogP contribution in [-0.4, -0.2) is 63.8 Å². The average molecular weight is 611 g/mol. The lowest BCUT2D eigenvalue weighted by atomic mass is 9.90. The molecule has 2 aliphatic rings. The van der Waals surface area contributed by atoms with Crippen molar-refractivity contribution in [2.45, 2.75) is 103 Å². The van der Waals surface area contributed by atoms with Crippen LogP contribution in [-0.2, 0) is 41.7 Å². The van der Waals surface area contributed by atoms with Gasteiger partial charge in [-0.25, -0.2) is 0 Å². The number of carbonyl (C=O) groups is 3. The number of likely N-dealkylation sites (tertiary alicyclic amines) is 1. The fourth-order valence-corrected chi connectivity index (χ4v) is 5.72. The predicted molar refractivity (Wildman–Crippen MR) is 163 cm³/mol. The first-order valence-corrected chi connectivity index (χ1v) is 15.5. The van der Waals surface area contributed by atoms with Gasteiger partial charge in [0.15, 0.2) is 6.29 Å². The Morgan fingerprint density at radius 2 is 1.64 bits per heavy atom. The van der Waals surface area contributed by atoms with Crippen LogP contribution in [0.4, 0.5) is 0 Å². The maximum absolute atomic E-state index is 13.0. The predicted octanol–water partition coefficient (Wildman–Crippen LogP) is 4.65. The van der Waals surface area contributed by atoms with Crippen LogP contribution in [0.2, 0.25) is 0 Å². The van der Waals surface area contributed by atoms with Gasteiger partial charge < -0.3 is 29.7 Å². The fourth-order valence-electron chi connectivity index (χ4n) is 5.72. The minimum absolute atomic E-state index is 0.0262. The molecular weight excluding hydrogens is 564 g/mol. The van der Waals surface area contributed by atoms with Crippen molar-refractivity contribution in [3.05, 3.63) is 70.8 Å². The Balaban J connectivity index is 1.48. The van der Waals surface area contributed by atoms with Crippen LogP contribution >= 0.6 is 0 Å². The normalized spacial score (nSPS) is 24.2. The number of hydrogen-bond donors (Lipinski definition) is 3. The topological polar surface area (TPSA) is 135 Å². The Morgan fingerprint density at radius 3 is 2.27 bits per heavy atom. The molecule has 0 bridgehead atoms. The van der Waals surface area contributed by atoms with E-state index in [0.29, 0.717) is 19.5 Å². The van der Waals surface area contributed by atoms with Crippen molar-refractivity contribution >= 4 is 17.8 Å². The Hall–Kier alpha value is -3.31. The monoisotopic (exact) mass is 610 g/mol. The average Bonchev–Trinajstić information content (AvgIpc) is 3.45. The molecule has 240 valence electrons. The number of aliphatic hydroxyl groups excluding tert-OH is 1. The van der Waals surface area contributed by atoms with Crippen molar-refractivity contribution in [1.82, 2.24) is 10.2 Å². The van der Waals surface area contributed by atoms with E-state index in [1.54, 1.807) is 0 Å². The van der Waals surface area contributed by atoms with Crippen molar-refractivity contribution in [2.75, 3.05) is 13.1 Å². The van der Waals surface area contributed by atoms with E-state index in [1.165, 1.54) is 0 Å². The van der Waals surface area contributed by atoms with Gasteiger partial charge in [-0.2, -0.15) is 0 Å². The highest BCUT2D eigenvalue weighted by Gasteiger charge is 2.42. The number of nitrogens with one attached hydrogen (secondary N) is 1.